The van der Waals surface area contributed by atoms with Gasteiger partial charge in [-0.05, 0) is 48.0 Å². The molecule has 0 radical (unpaired) electrons. The van der Waals surface area contributed by atoms with Crippen molar-refractivity contribution in [1.82, 2.24) is 9.78 Å². The smallest absolute Gasteiger partial charge is 0.167 e. The van der Waals surface area contributed by atoms with Crippen LogP contribution < -0.4 is 0 Å². The maximum atomic E-state index is 12.0. The summed E-state index contributed by atoms with van der Waals surface area (Å²) in [6, 6.07) is 0. The summed E-state index contributed by atoms with van der Waals surface area (Å²) in [5, 5.41) is 14.3. The van der Waals surface area contributed by atoms with Gasteiger partial charge in [0.15, 0.2) is 5.78 Å². The third-order valence-corrected chi connectivity index (χ3v) is 4.35. The van der Waals surface area contributed by atoms with Gasteiger partial charge >= 0.3 is 0 Å². The summed E-state index contributed by atoms with van der Waals surface area (Å²) in [6.07, 6.45) is 2.25. The van der Waals surface area contributed by atoms with Gasteiger partial charge in [-0.2, -0.15) is 5.10 Å². The Balaban J connectivity index is 2.16. The molecule has 2 rings (SSSR count). The highest BCUT2D eigenvalue weighted by Crippen LogP contribution is 2.33. The van der Waals surface area contributed by atoms with E-state index in [0.29, 0.717) is 0 Å². The molecule has 1 aromatic rings. The molecule has 0 saturated heterocycles. The minimum Gasteiger partial charge on any atom is -0.385 e. The SMILES string of the molecule is CCc1nn(CC)c(CC(=O)C(O)C2CC2)c1Br. The van der Waals surface area contributed by atoms with Crippen LogP contribution in [0.5, 0.6) is 0 Å². The average Bonchev–Trinajstić information content (AvgIpc) is 3.16. The number of Topliss-reactive ketones (excluding diaryl/α,β-unsaturated/α-hetero) is 1. The van der Waals surface area contributed by atoms with Gasteiger partial charge in [0.1, 0.15) is 6.10 Å². The second kappa shape index (κ2) is 5.53. The topological polar surface area (TPSA) is 55.1 Å². The lowest BCUT2D eigenvalue weighted by atomic mass is 10.1. The van der Waals surface area contributed by atoms with Gasteiger partial charge in [-0.3, -0.25) is 9.48 Å². The van der Waals surface area contributed by atoms with E-state index in [1.54, 1.807) is 0 Å². The Kier molecular flexibility index (Phi) is 4.22. The number of nitrogens with zero attached hydrogens (tertiary/aromatic N) is 2. The molecule has 1 aliphatic carbocycles. The van der Waals surface area contributed by atoms with E-state index >= 15 is 0 Å². The molecule has 1 aliphatic rings. The van der Waals surface area contributed by atoms with Crippen LogP contribution in [0.2, 0.25) is 0 Å². The lowest BCUT2D eigenvalue weighted by Crippen LogP contribution is -2.25. The van der Waals surface area contributed by atoms with E-state index in [2.05, 4.69) is 21.0 Å². The number of aliphatic hydroxyl groups excluding tert-OH is 1. The molecular weight excluding hydrogens is 296 g/mol. The van der Waals surface area contributed by atoms with Crippen LogP contribution in [-0.4, -0.2) is 26.8 Å². The van der Waals surface area contributed by atoms with E-state index in [0.717, 1.165) is 41.7 Å². The number of hydrogen-bond donors (Lipinski definition) is 1. The Labute approximate surface area is 116 Å². The fourth-order valence-electron chi connectivity index (χ4n) is 2.13. The number of carbonyl (C=O) groups excluding carboxylic acids is 1. The predicted molar refractivity (Wildman–Crippen MR) is 72.4 cm³/mol. The largest absolute Gasteiger partial charge is 0.385 e. The first-order valence-electron chi connectivity index (χ1n) is 6.53. The zero-order valence-electron chi connectivity index (χ0n) is 10.8. The zero-order valence-corrected chi connectivity index (χ0v) is 12.4. The molecule has 1 saturated carbocycles. The molecule has 100 valence electrons. The van der Waals surface area contributed by atoms with Crippen molar-refractivity contribution in [2.75, 3.05) is 0 Å². The van der Waals surface area contributed by atoms with E-state index in [-0.39, 0.29) is 18.1 Å². The van der Waals surface area contributed by atoms with Crippen LogP contribution >= 0.6 is 15.9 Å². The van der Waals surface area contributed by atoms with Crippen LogP contribution in [0.4, 0.5) is 0 Å². The van der Waals surface area contributed by atoms with Gasteiger partial charge in [-0.15, -0.1) is 0 Å². The van der Waals surface area contributed by atoms with E-state index in [1.807, 2.05) is 18.5 Å². The van der Waals surface area contributed by atoms with Gasteiger partial charge in [0.2, 0.25) is 0 Å². The van der Waals surface area contributed by atoms with Crippen molar-refractivity contribution < 1.29 is 9.90 Å². The summed E-state index contributed by atoms with van der Waals surface area (Å²) in [7, 11) is 0. The Bertz CT molecular complexity index is 452. The Hall–Kier alpha value is -0.680. The van der Waals surface area contributed by atoms with E-state index < -0.39 is 6.10 Å². The second-order valence-electron chi connectivity index (χ2n) is 4.80. The highest BCUT2D eigenvalue weighted by molar-refractivity contribution is 9.10. The summed E-state index contributed by atoms with van der Waals surface area (Å²) in [5.41, 5.74) is 1.86. The molecule has 5 heteroatoms. The number of aryl methyl sites for hydroxylation is 2. The van der Waals surface area contributed by atoms with Gasteiger partial charge in [0.25, 0.3) is 0 Å². The molecule has 1 heterocycles. The molecule has 0 spiro atoms. The monoisotopic (exact) mass is 314 g/mol. The summed E-state index contributed by atoms with van der Waals surface area (Å²) in [5.74, 6) is 0.107. The van der Waals surface area contributed by atoms with E-state index in [9.17, 15) is 9.90 Å². The summed E-state index contributed by atoms with van der Waals surface area (Å²) in [4.78, 5) is 12.0. The lowest BCUT2D eigenvalue weighted by Gasteiger charge is -2.09. The first kappa shape index (κ1) is 13.7. The molecule has 0 amide bonds. The molecule has 1 fully saturated rings. The number of aliphatic hydroxyl groups is 1. The van der Waals surface area contributed by atoms with Crippen LogP contribution in [0.1, 0.15) is 38.1 Å². The van der Waals surface area contributed by atoms with Crippen LogP contribution in [0, 0.1) is 5.92 Å². The van der Waals surface area contributed by atoms with E-state index in [4.69, 9.17) is 0 Å². The summed E-state index contributed by atoms with van der Waals surface area (Å²) < 4.78 is 2.77. The normalized spacial score (nSPS) is 16.9. The zero-order chi connectivity index (χ0) is 13.3. The number of ketones is 1. The lowest BCUT2D eigenvalue weighted by molar-refractivity contribution is -0.127. The van der Waals surface area contributed by atoms with Crippen molar-refractivity contribution in [2.45, 2.75) is 52.2 Å². The Morgan fingerprint density at radius 3 is 2.72 bits per heavy atom. The van der Waals surface area contributed by atoms with Crippen LogP contribution in [0.25, 0.3) is 0 Å². The van der Waals surface area contributed by atoms with Gasteiger partial charge < -0.3 is 5.11 Å². The molecular formula is C13H19BrN2O2. The average molecular weight is 315 g/mol. The third-order valence-electron chi connectivity index (χ3n) is 3.43. The number of hydrogen-bond acceptors (Lipinski definition) is 3. The fraction of sp³-hybridized carbons (Fsp3) is 0.692. The maximum absolute atomic E-state index is 12.0. The van der Waals surface area contributed by atoms with E-state index in [1.165, 1.54) is 0 Å². The van der Waals surface area contributed by atoms with Crippen molar-refractivity contribution in [3.63, 3.8) is 0 Å². The highest BCUT2D eigenvalue weighted by Gasteiger charge is 2.35. The van der Waals surface area contributed by atoms with Gasteiger partial charge in [0, 0.05) is 6.54 Å². The standard InChI is InChI=1S/C13H19BrN2O2/c1-3-9-12(14)10(16(4-2)15-9)7-11(17)13(18)8-5-6-8/h8,13,18H,3-7H2,1-2H3. The molecule has 18 heavy (non-hydrogen) atoms. The first-order chi connectivity index (χ1) is 8.58. The molecule has 0 bridgehead atoms. The van der Waals surface area contributed by atoms with Gasteiger partial charge in [0.05, 0.1) is 22.3 Å². The van der Waals surface area contributed by atoms with Crippen molar-refractivity contribution in [2.24, 2.45) is 5.92 Å². The number of rotatable bonds is 6. The number of halogens is 1. The summed E-state index contributed by atoms with van der Waals surface area (Å²) >= 11 is 3.52. The molecule has 1 N–H and O–H groups in total. The minimum absolute atomic E-state index is 0.0875. The quantitative estimate of drug-likeness (QED) is 0.875. The fourth-order valence-corrected chi connectivity index (χ4v) is 2.84. The molecule has 0 aromatic carbocycles. The first-order valence-corrected chi connectivity index (χ1v) is 7.32. The summed E-state index contributed by atoms with van der Waals surface area (Å²) in [6.45, 7) is 4.78. The maximum Gasteiger partial charge on any atom is 0.167 e. The second-order valence-corrected chi connectivity index (χ2v) is 5.60. The Morgan fingerprint density at radius 2 is 2.22 bits per heavy atom. The highest BCUT2D eigenvalue weighted by atomic mass is 79.9. The molecule has 0 aliphatic heterocycles. The molecule has 1 aromatic heterocycles. The molecule has 1 unspecified atom stereocenters. The minimum atomic E-state index is -0.790. The van der Waals surface area contributed by atoms with Crippen molar-refractivity contribution in [3.05, 3.63) is 15.9 Å². The van der Waals surface area contributed by atoms with Crippen molar-refractivity contribution >= 4 is 21.7 Å². The molecule has 1 atom stereocenters. The molecule has 4 nitrogen and oxygen atoms in total. The van der Waals surface area contributed by atoms with Crippen molar-refractivity contribution in [3.8, 4) is 0 Å². The number of carbonyl (C=O) groups is 1. The Morgan fingerprint density at radius 1 is 1.56 bits per heavy atom. The number of aromatic nitrogens is 2. The predicted octanol–water partition coefficient (Wildman–Crippen LogP) is 2.11. The van der Waals surface area contributed by atoms with Crippen LogP contribution in [0.15, 0.2) is 4.47 Å². The van der Waals surface area contributed by atoms with Gasteiger partial charge in [-0.1, -0.05) is 6.92 Å². The van der Waals surface area contributed by atoms with Crippen LogP contribution in [0.3, 0.4) is 0 Å². The van der Waals surface area contributed by atoms with Crippen molar-refractivity contribution in [1.29, 1.82) is 0 Å². The van der Waals surface area contributed by atoms with Crippen LogP contribution in [-0.2, 0) is 24.2 Å². The van der Waals surface area contributed by atoms with Gasteiger partial charge in [-0.25, -0.2) is 0 Å². The third kappa shape index (κ3) is 2.67.